The van der Waals surface area contributed by atoms with Crippen molar-refractivity contribution in [3.05, 3.63) is 59.7 Å². The second-order valence-corrected chi connectivity index (χ2v) is 5.94. The SMILES string of the molecule is COc1ccccc1CNC(=O)CN(C)CCOc1ccccc1C. The highest BCUT2D eigenvalue weighted by Gasteiger charge is 2.08. The van der Waals surface area contributed by atoms with Crippen molar-refractivity contribution < 1.29 is 14.3 Å². The molecule has 0 aromatic heterocycles. The molecule has 0 aliphatic rings. The van der Waals surface area contributed by atoms with Gasteiger partial charge < -0.3 is 14.8 Å². The minimum atomic E-state index is -0.0238. The third-order valence-electron chi connectivity index (χ3n) is 3.91. The lowest BCUT2D eigenvalue weighted by Crippen LogP contribution is -2.36. The van der Waals surface area contributed by atoms with Gasteiger partial charge in [0.25, 0.3) is 0 Å². The van der Waals surface area contributed by atoms with Crippen LogP contribution in [-0.2, 0) is 11.3 Å². The molecule has 5 heteroatoms. The van der Waals surface area contributed by atoms with E-state index in [1.165, 1.54) is 0 Å². The van der Waals surface area contributed by atoms with E-state index in [0.717, 1.165) is 22.6 Å². The largest absolute Gasteiger partial charge is 0.496 e. The molecular weight excluding hydrogens is 316 g/mol. The molecule has 2 aromatic rings. The smallest absolute Gasteiger partial charge is 0.234 e. The van der Waals surface area contributed by atoms with Gasteiger partial charge in [0.1, 0.15) is 18.1 Å². The van der Waals surface area contributed by atoms with Gasteiger partial charge in [0.05, 0.1) is 13.7 Å². The van der Waals surface area contributed by atoms with E-state index in [-0.39, 0.29) is 5.91 Å². The third kappa shape index (κ3) is 6.12. The van der Waals surface area contributed by atoms with Gasteiger partial charge in [-0.15, -0.1) is 0 Å². The number of nitrogens with zero attached hydrogens (tertiary/aromatic N) is 1. The van der Waals surface area contributed by atoms with Gasteiger partial charge in [-0.1, -0.05) is 36.4 Å². The van der Waals surface area contributed by atoms with Crippen molar-refractivity contribution in [2.75, 3.05) is 33.9 Å². The Kier molecular flexibility index (Phi) is 7.29. The lowest BCUT2D eigenvalue weighted by molar-refractivity contribution is -0.122. The zero-order valence-electron chi connectivity index (χ0n) is 15.1. The number of carbonyl (C=O) groups excluding carboxylic acids is 1. The minimum Gasteiger partial charge on any atom is -0.496 e. The molecule has 1 amide bonds. The van der Waals surface area contributed by atoms with Gasteiger partial charge in [-0.25, -0.2) is 0 Å². The molecule has 5 nitrogen and oxygen atoms in total. The maximum atomic E-state index is 12.1. The van der Waals surface area contributed by atoms with Crippen LogP contribution in [0.3, 0.4) is 0 Å². The van der Waals surface area contributed by atoms with Crippen molar-refractivity contribution in [2.45, 2.75) is 13.5 Å². The fraction of sp³-hybridized carbons (Fsp3) is 0.350. The molecule has 0 aliphatic heterocycles. The van der Waals surface area contributed by atoms with E-state index in [4.69, 9.17) is 9.47 Å². The number of methoxy groups -OCH3 is 1. The molecule has 0 unspecified atom stereocenters. The number of ether oxygens (including phenoxy) is 2. The average molecular weight is 342 g/mol. The number of benzene rings is 2. The molecule has 0 atom stereocenters. The quantitative estimate of drug-likeness (QED) is 0.761. The van der Waals surface area contributed by atoms with E-state index < -0.39 is 0 Å². The number of amides is 1. The highest BCUT2D eigenvalue weighted by Crippen LogP contribution is 2.17. The van der Waals surface area contributed by atoms with Crippen LogP contribution in [0.5, 0.6) is 11.5 Å². The first-order valence-corrected chi connectivity index (χ1v) is 8.35. The molecular formula is C20H26N2O3. The van der Waals surface area contributed by atoms with E-state index in [2.05, 4.69) is 5.32 Å². The molecule has 0 saturated heterocycles. The number of hydrogen-bond acceptors (Lipinski definition) is 4. The minimum absolute atomic E-state index is 0.0238. The van der Waals surface area contributed by atoms with E-state index in [9.17, 15) is 4.79 Å². The summed E-state index contributed by atoms with van der Waals surface area (Å²) in [6.45, 7) is 4.02. The molecule has 0 bridgehead atoms. The Morgan fingerprint density at radius 1 is 1.08 bits per heavy atom. The maximum Gasteiger partial charge on any atom is 0.234 e. The molecule has 0 heterocycles. The van der Waals surface area contributed by atoms with Crippen LogP contribution in [0.25, 0.3) is 0 Å². The van der Waals surface area contributed by atoms with Crippen LogP contribution in [0.2, 0.25) is 0 Å². The lowest BCUT2D eigenvalue weighted by atomic mass is 10.2. The Hall–Kier alpha value is -2.53. The van der Waals surface area contributed by atoms with Crippen LogP contribution in [0, 0.1) is 6.92 Å². The van der Waals surface area contributed by atoms with Crippen LogP contribution in [0.1, 0.15) is 11.1 Å². The summed E-state index contributed by atoms with van der Waals surface area (Å²) in [5, 5.41) is 2.92. The zero-order valence-corrected chi connectivity index (χ0v) is 15.1. The number of carbonyl (C=O) groups is 1. The summed E-state index contributed by atoms with van der Waals surface area (Å²) in [7, 11) is 3.53. The first-order valence-electron chi connectivity index (χ1n) is 8.35. The van der Waals surface area contributed by atoms with E-state index in [1.54, 1.807) is 7.11 Å². The topological polar surface area (TPSA) is 50.8 Å². The van der Waals surface area contributed by atoms with Crippen LogP contribution >= 0.6 is 0 Å². The molecule has 0 radical (unpaired) electrons. The number of likely N-dealkylation sites (N-methyl/N-ethyl adjacent to an activating group) is 1. The number of para-hydroxylation sites is 2. The Morgan fingerprint density at radius 3 is 2.48 bits per heavy atom. The van der Waals surface area contributed by atoms with Crippen molar-refractivity contribution in [3.63, 3.8) is 0 Å². The first-order chi connectivity index (χ1) is 12.1. The molecule has 2 rings (SSSR count). The van der Waals surface area contributed by atoms with Gasteiger partial charge in [-0.05, 0) is 31.7 Å². The molecule has 0 fully saturated rings. The lowest BCUT2D eigenvalue weighted by Gasteiger charge is -2.17. The highest BCUT2D eigenvalue weighted by atomic mass is 16.5. The van der Waals surface area contributed by atoms with Crippen molar-refractivity contribution >= 4 is 5.91 Å². The summed E-state index contributed by atoms with van der Waals surface area (Å²) in [5.41, 5.74) is 2.07. The number of hydrogen-bond donors (Lipinski definition) is 1. The second kappa shape index (κ2) is 9.69. The first kappa shape index (κ1) is 18.8. The number of nitrogens with one attached hydrogen (secondary N) is 1. The van der Waals surface area contributed by atoms with Crippen molar-refractivity contribution in [1.82, 2.24) is 10.2 Å². The summed E-state index contributed by atoms with van der Waals surface area (Å²) in [6.07, 6.45) is 0. The molecule has 2 aromatic carbocycles. The van der Waals surface area contributed by atoms with Gasteiger partial charge >= 0.3 is 0 Å². The van der Waals surface area contributed by atoms with E-state index in [0.29, 0.717) is 26.2 Å². The molecule has 1 N–H and O–H groups in total. The molecule has 134 valence electrons. The molecule has 0 spiro atoms. The van der Waals surface area contributed by atoms with Crippen LogP contribution < -0.4 is 14.8 Å². The normalized spacial score (nSPS) is 10.6. The zero-order chi connectivity index (χ0) is 18.1. The van der Waals surface area contributed by atoms with Crippen LogP contribution in [-0.4, -0.2) is 44.7 Å². The van der Waals surface area contributed by atoms with E-state index in [1.807, 2.05) is 67.4 Å². The van der Waals surface area contributed by atoms with Crippen molar-refractivity contribution in [1.29, 1.82) is 0 Å². The Morgan fingerprint density at radius 2 is 1.76 bits per heavy atom. The van der Waals surface area contributed by atoms with Crippen LogP contribution in [0.15, 0.2) is 48.5 Å². The molecule has 0 saturated carbocycles. The molecule has 0 aliphatic carbocycles. The average Bonchev–Trinajstić information content (AvgIpc) is 2.61. The predicted molar refractivity (Wildman–Crippen MR) is 99.0 cm³/mol. The Labute approximate surface area is 149 Å². The fourth-order valence-electron chi connectivity index (χ4n) is 2.45. The monoisotopic (exact) mass is 342 g/mol. The van der Waals surface area contributed by atoms with Gasteiger partial charge in [-0.2, -0.15) is 0 Å². The van der Waals surface area contributed by atoms with Crippen LogP contribution in [0.4, 0.5) is 0 Å². The van der Waals surface area contributed by atoms with Gasteiger partial charge in [-0.3, -0.25) is 9.69 Å². The third-order valence-corrected chi connectivity index (χ3v) is 3.91. The number of rotatable bonds is 9. The molecule has 25 heavy (non-hydrogen) atoms. The summed E-state index contributed by atoms with van der Waals surface area (Å²) >= 11 is 0. The fourth-order valence-corrected chi connectivity index (χ4v) is 2.45. The highest BCUT2D eigenvalue weighted by molar-refractivity contribution is 5.78. The maximum absolute atomic E-state index is 12.1. The van der Waals surface area contributed by atoms with E-state index >= 15 is 0 Å². The summed E-state index contributed by atoms with van der Waals surface area (Å²) in [5.74, 6) is 1.64. The summed E-state index contributed by atoms with van der Waals surface area (Å²) < 4.78 is 11.0. The van der Waals surface area contributed by atoms with Gasteiger partial charge in [0, 0.05) is 18.7 Å². The Bertz CT molecular complexity index is 688. The van der Waals surface area contributed by atoms with Gasteiger partial charge in [0.2, 0.25) is 5.91 Å². The Balaban J connectivity index is 1.70. The van der Waals surface area contributed by atoms with Gasteiger partial charge in [0.15, 0.2) is 0 Å². The second-order valence-electron chi connectivity index (χ2n) is 5.94. The van der Waals surface area contributed by atoms with Crippen molar-refractivity contribution in [2.24, 2.45) is 0 Å². The predicted octanol–water partition coefficient (Wildman–Crippen LogP) is 2.63. The van der Waals surface area contributed by atoms with Crippen molar-refractivity contribution in [3.8, 4) is 11.5 Å². The number of aryl methyl sites for hydroxylation is 1. The standard InChI is InChI=1S/C20H26N2O3/c1-16-8-4-6-10-18(16)25-13-12-22(2)15-20(23)21-14-17-9-5-7-11-19(17)24-3/h4-11H,12-15H2,1-3H3,(H,21,23). The summed E-state index contributed by atoms with van der Waals surface area (Å²) in [6, 6.07) is 15.6. The summed E-state index contributed by atoms with van der Waals surface area (Å²) in [4.78, 5) is 14.0.